The van der Waals surface area contributed by atoms with Gasteiger partial charge in [0.1, 0.15) is 0 Å². The van der Waals surface area contributed by atoms with Gasteiger partial charge in [-0.05, 0) is 43.5 Å². The first kappa shape index (κ1) is 12.2. The Morgan fingerprint density at radius 3 is 3.05 bits per heavy atom. The molecule has 0 saturated heterocycles. The molecule has 3 N–H and O–H groups in total. The number of nitrogens with one attached hydrogen (secondary N) is 1. The summed E-state index contributed by atoms with van der Waals surface area (Å²) in [5, 5.41) is 4.71. The Hall–Kier alpha value is -1.81. The molecule has 4 heteroatoms. The number of aromatic nitrogens is 1. The van der Waals surface area contributed by atoms with E-state index in [4.69, 9.17) is 10.5 Å². The molecule has 2 atom stereocenters. The molecule has 4 nitrogen and oxygen atoms in total. The van der Waals surface area contributed by atoms with Gasteiger partial charge in [0.2, 0.25) is 0 Å². The number of nitrogens with two attached hydrogens (primary N) is 1. The maximum atomic E-state index is 5.80. The van der Waals surface area contributed by atoms with Crippen LogP contribution in [0.4, 0.5) is 11.4 Å². The number of anilines is 2. The minimum Gasteiger partial charge on any atom is -0.399 e. The number of fused-ring (bicyclic) bond motifs is 1. The van der Waals surface area contributed by atoms with Gasteiger partial charge < -0.3 is 15.8 Å². The SMILES string of the molecule is COC1CCCC1Nc1ccnc2cc(N)ccc12. The Bertz CT molecular complexity index is 585. The smallest absolute Gasteiger partial charge is 0.0772 e. The van der Waals surface area contributed by atoms with Gasteiger partial charge in [-0.3, -0.25) is 4.98 Å². The van der Waals surface area contributed by atoms with E-state index >= 15 is 0 Å². The van der Waals surface area contributed by atoms with Crippen LogP contribution in [0, 0.1) is 0 Å². The zero-order valence-electron chi connectivity index (χ0n) is 11.1. The Balaban J connectivity index is 1.92. The van der Waals surface area contributed by atoms with Crippen LogP contribution in [-0.2, 0) is 4.74 Å². The van der Waals surface area contributed by atoms with Gasteiger partial charge >= 0.3 is 0 Å². The molecule has 1 saturated carbocycles. The standard InChI is InChI=1S/C15H19N3O/c1-19-15-4-2-3-13(15)18-12-7-8-17-14-9-10(16)5-6-11(12)14/h5-9,13,15H,2-4,16H2,1H3,(H,17,18). The number of methoxy groups -OCH3 is 1. The van der Waals surface area contributed by atoms with Crippen molar-refractivity contribution in [1.29, 1.82) is 0 Å². The highest BCUT2D eigenvalue weighted by Crippen LogP contribution is 2.29. The summed E-state index contributed by atoms with van der Waals surface area (Å²) in [4.78, 5) is 4.37. The summed E-state index contributed by atoms with van der Waals surface area (Å²) in [5.74, 6) is 0. The third kappa shape index (κ3) is 2.36. The second kappa shape index (κ2) is 5.05. The number of pyridine rings is 1. The van der Waals surface area contributed by atoms with Crippen molar-refractivity contribution in [2.45, 2.75) is 31.4 Å². The van der Waals surface area contributed by atoms with E-state index in [-0.39, 0.29) is 0 Å². The van der Waals surface area contributed by atoms with Crippen molar-refractivity contribution in [2.24, 2.45) is 0 Å². The lowest BCUT2D eigenvalue weighted by Crippen LogP contribution is -2.29. The van der Waals surface area contributed by atoms with Gasteiger partial charge in [-0.2, -0.15) is 0 Å². The van der Waals surface area contributed by atoms with Crippen LogP contribution in [-0.4, -0.2) is 24.2 Å². The Labute approximate surface area is 113 Å². The summed E-state index contributed by atoms with van der Waals surface area (Å²) in [6, 6.07) is 8.24. The molecule has 2 aromatic rings. The predicted molar refractivity (Wildman–Crippen MR) is 78.2 cm³/mol. The van der Waals surface area contributed by atoms with E-state index in [1.807, 2.05) is 30.5 Å². The molecule has 1 aromatic heterocycles. The Kier molecular flexibility index (Phi) is 3.25. The summed E-state index contributed by atoms with van der Waals surface area (Å²) in [6.07, 6.45) is 5.62. The largest absolute Gasteiger partial charge is 0.399 e. The van der Waals surface area contributed by atoms with Crippen molar-refractivity contribution >= 4 is 22.3 Å². The van der Waals surface area contributed by atoms with Gasteiger partial charge in [-0.15, -0.1) is 0 Å². The summed E-state index contributed by atoms with van der Waals surface area (Å²) in [5.41, 5.74) is 8.58. The summed E-state index contributed by atoms with van der Waals surface area (Å²) >= 11 is 0. The second-order valence-electron chi connectivity index (χ2n) is 5.09. The number of hydrogen-bond donors (Lipinski definition) is 2. The molecule has 2 unspecified atom stereocenters. The lowest BCUT2D eigenvalue weighted by Gasteiger charge is -2.21. The molecule has 0 bridgehead atoms. The van der Waals surface area contributed by atoms with Crippen molar-refractivity contribution in [2.75, 3.05) is 18.2 Å². The molecular formula is C15H19N3O. The van der Waals surface area contributed by atoms with Crippen LogP contribution < -0.4 is 11.1 Å². The zero-order chi connectivity index (χ0) is 13.2. The van der Waals surface area contributed by atoms with E-state index < -0.39 is 0 Å². The minimum atomic E-state index is 0.303. The normalized spacial score (nSPS) is 22.8. The lowest BCUT2D eigenvalue weighted by atomic mass is 10.1. The van der Waals surface area contributed by atoms with Crippen LogP contribution in [0.3, 0.4) is 0 Å². The highest BCUT2D eigenvalue weighted by Gasteiger charge is 2.27. The van der Waals surface area contributed by atoms with E-state index in [1.165, 1.54) is 6.42 Å². The molecule has 1 fully saturated rings. The molecule has 19 heavy (non-hydrogen) atoms. The van der Waals surface area contributed by atoms with Gasteiger partial charge in [-0.25, -0.2) is 0 Å². The first-order valence-electron chi connectivity index (χ1n) is 6.71. The molecule has 0 aliphatic heterocycles. The average Bonchev–Trinajstić information content (AvgIpc) is 2.86. The second-order valence-corrected chi connectivity index (χ2v) is 5.09. The van der Waals surface area contributed by atoms with Gasteiger partial charge in [0.25, 0.3) is 0 Å². The van der Waals surface area contributed by atoms with Crippen molar-refractivity contribution in [1.82, 2.24) is 4.98 Å². The zero-order valence-corrected chi connectivity index (χ0v) is 11.1. The lowest BCUT2D eigenvalue weighted by molar-refractivity contribution is 0.101. The van der Waals surface area contributed by atoms with E-state index in [0.29, 0.717) is 12.1 Å². The quantitative estimate of drug-likeness (QED) is 0.830. The van der Waals surface area contributed by atoms with Crippen LogP contribution >= 0.6 is 0 Å². The highest BCUT2D eigenvalue weighted by atomic mass is 16.5. The third-order valence-corrected chi connectivity index (χ3v) is 3.86. The molecule has 0 radical (unpaired) electrons. The molecule has 0 spiro atoms. The monoisotopic (exact) mass is 257 g/mol. The van der Waals surface area contributed by atoms with Crippen LogP contribution in [0.2, 0.25) is 0 Å². The van der Waals surface area contributed by atoms with Gasteiger partial charge in [0.05, 0.1) is 17.7 Å². The summed E-state index contributed by atoms with van der Waals surface area (Å²) in [6.45, 7) is 0. The van der Waals surface area contributed by atoms with Crippen LogP contribution in [0.25, 0.3) is 10.9 Å². The Morgan fingerprint density at radius 1 is 1.32 bits per heavy atom. The fourth-order valence-corrected chi connectivity index (χ4v) is 2.86. The molecular weight excluding hydrogens is 238 g/mol. The minimum absolute atomic E-state index is 0.303. The average molecular weight is 257 g/mol. The van der Waals surface area contributed by atoms with E-state index in [1.54, 1.807) is 7.11 Å². The van der Waals surface area contributed by atoms with Gasteiger partial charge in [-0.1, -0.05) is 0 Å². The number of ether oxygens (including phenoxy) is 1. The summed E-state index contributed by atoms with van der Waals surface area (Å²) < 4.78 is 5.53. The molecule has 1 aliphatic carbocycles. The van der Waals surface area contributed by atoms with E-state index in [2.05, 4.69) is 10.3 Å². The first-order chi connectivity index (χ1) is 9.28. The van der Waals surface area contributed by atoms with Crippen LogP contribution in [0.15, 0.2) is 30.5 Å². The number of nitrogen functional groups attached to an aromatic ring is 1. The van der Waals surface area contributed by atoms with Crippen LogP contribution in [0.5, 0.6) is 0 Å². The number of benzene rings is 1. The molecule has 1 aliphatic rings. The fourth-order valence-electron chi connectivity index (χ4n) is 2.86. The summed E-state index contributed by atoms with van der Waals surface area (Å²) in [7, 11) is 1.79. The number of rotatable bonds is 3. The highest BCUT2D eigenvalue weighted by molar-refractivity contribution is 5.92. The maximum absolute atomic E-state index is 5.80. The predicted octanol–water partition coefficient (Wildman–Crippen LogP) is 2.80. The topological polar surface area (TPSA) is 60.2 Å². The van der Waals surface area contributed by atoms with E-state index in [9.17, 15) is 0 Å². The van der Waals surface area contributed by atoms with Crippen LogP contribution in [0.1, 0.15) is 19.3 Å². The first-order valence-corrected chi connectivity index (χ1v) is 6.71. The number of nitrogens with zero attached hydrogens (tertiary/aromatic N) is 1. The van der Waals surface area contributed by atoms with Crippen molar-refractivity contribution in [3.05, 3.63) is 30.5 Å². The van der Waals surface area contributed by atoms with Gasteiger partial charge in [0, 0.05) is 30.1 Å². The molecule has 1 aromatic carbocycles. The fraction of sp³-hybridized carbons (Fsp3) is 0.400. The van der Waals surface area contributed by atoms with Gasteiger partial charge in [0.15, 0.2) is 0 Å². The molecule has 0 amide bonds. The third-order valence-electron chi connectivity index (χ3n) is 3.86. The van der Waals surface area contributed by atoms with Crippen molar-refractivity contribution < 1.29 is 4.74 Å². The maximum Gasteiger partial charge on any atom is 0.0772 e. The molecule has 100 valence electrons. The van der Waals surface area contributed by atoms with Crippen molar-refractivity contribution in [3.8, 4) is 0 Å². The molecule has 3 rings (SSSR count). The molecule has 1 heterocycles. The van der Waals surface area contributed by atoms with E-state index in [0.717, 1.165) is 35.1 Å². The van der Waals surface area contributed by atoms with Crippen molar-refractivity contribution in [3.63, 3.8) is 0 Å². The Morgan fingerprint density at radius 2 is 2.21 bits per heavy atom. The number of hydrogen-bond acceptors (Lipinski definition) is 4.